The molecule has 0 atom stereocenters. The van der Waals surface area contributed by atoms with E-state index in [9.17, 15) is 5.11 Å². The topological polar surface area (TPSA) is 67.4 Å². The number of hydrogen-bond acceptors (Lipinski definition) is 4. The van der Waals surface area contributed by atoms with Gasteiger partial charge in [-0.25, -0.2) is 0 Å². The molecule has 2 heterocycles. The summed E-state index contributed by atoms with van der Waals surface area (Å²) in [6.07, 6.45) is 1.65. The zero-order valence-corrected chi connectivity index (χ0v) is 9.09. The number of nitrogens with zero attached hydrogens (tertiary/aromatic N) is 1. The second kappa shape index (κ2) is 4.23. The van der Waals surface area contributed by atoms with Gasteiger partial charge in [0.05, 0.1) is 18.8 Å². The van der Waals surface area contributed by atoms with Crippen molar-refractivity contribution in [1.82, 2.24) is 10.2 Å². The highest BCUT2D eigenvalue weighted by Gasteiger charge is 2.31. The molecule has 0 saturated carbocycles. The highest BCUT2D eigenvalue weighted by Crippen LogP contribution is 2.28. The number of aliphatic hydroxyl groups excluding tert-OH is 1. The molecule has 0 aliphatic carbocycles. The molecular formula is C11H11BN2O3. The van der Waals surface area contributed by atoms with E-state index >= 15 is 0 Å². The lowest BCUT2D eigenvalue weighted by molar-refractivity contribution is 0.229. The van der Waals surface area contributed by atoms with E-state index in [2.05, 4.69) is 10.2 Å². The molecule has 0 spiro atoms. The molecule has 0 fully saturated rings. The molecule has 0 unspecified atom stereocenters. The molecule has 86 valence electrons. The first-order chi connectivity index (χ1) is 8.38. The Balaban J connectivity index is 1.94. The Kier molecular flexibility index (Phi) is 2.58. The van der Waals surface area contributed by atoms with Crippen molar-refractivity contribution in [1.29, 1.82) is 0 Å². The minimum absolute atomic E-state index is 0.0428. The molecule has 1 aliphatic rings. The third kappa shape index (κ3) is 1.81. The molecule has 5 nitrogen and oxygen atoms in total. The lowest BCUT2D eigenvalue weighted by atomic mass is 9.83. The second-order valence-electron chi connectivity index (χ2n) is 3.84. The number of aromatic nitrogens is 2. The molecule has 0 amide bonds. The molecule has 17 heavy (non-hydrogen) atoms. The van der Waals surface area contributed by atoms with E-state index in [1.54, 1.807) is 12.3 Å². The van der Waals surface area contributed by atoms with E-state index in [0.717, 1.165) is 16.7 Å². The van der Waals surface area contributed by atoms with Gasteiger partial charge in [0.1, 0.15) is 5.75 Å². The Labute approximate surface area is 98.5 Å². The van der Waals surface area contributed by atoms with Crippen LogP contribution < -0.4 is 10.2 Å². The lowest BCUT2D eigenvalue weighted by Gasteiger charge is -2.24. The molecule has 1 aliphatic heterocycles. The minimum atomic E-state index is -0.488. The standard InChI is InChI=1S/C11H11BN2O3/c15-6-8-2-1-3-9-7-16-12(17-11(8)9)10-4-5-13-14-10/h1-5,15H,6-7H2,(H,13,14). The van der Waals surface area contributed by atoms with Crippen molar-refractivity contribution >= 4 is 12.7 Å². The predicted molar refractivity (Wildman–Crippen MR) is 61.8 cm³/mol. The first-order valence-electron chi connectivity index (χ1n) is 5.37. The van der Waals surface area contributed by atoms with Crippen molar-refractivity contribution in [2.75, 3.05) is 0 Å². The van der Waals surface area contributed by atoms with E-state index < -0.39 is 7.12 Å². The quantitative estimate of drug-likeness (QED) is 0.723. The van der Waals surface area contributed by atoms with Crippen molar-refractivity contribution in [3.63, 3.8) is 0 Å². The summed E-state index contributed by atoms with van der Waals surface area (Å²) in [6, 6.07) is 7.46. The number of H-pyrrole nitrogens is 1. The highest BCUT2D eigenvalue weighted by atomic mass is 16.6. The average molecular weight is 230 g/mol. The Bertz CT molecular complexity index is 501. The van der Waals surface area contributed by atoms with Crippen molar-refractivity contribution in [2.24, 2.45) is 0 Å². The molecule has 2 aromatic rings. The van der Waals surface area contributed by atoms with Crippen LogP contribution in [0.4, 0.5) is 0 Å². The van der Waals surface area contributed by atoms with Crippen LogP contribution in [0.15, 0.2) is 30.5 Å². The van der Waals surface area contributed by atoms with Crippen molar-refractivity contribution < 1.29 is 14.4 Å². The number of benzene rings is 1. The third-order valence-corrected chi connectivity index (χ3v) is 2.74. The van der Waals surface area contributed by atoms with Gasteiger partial charge in [0.2, 0.25) is 0 Å². The molecule has 2 N–H and O–H groups in total. The van der Waals surface area contributed by atoms with E-state index in [0.29, 0.717) is 12.4 Å². The predicted octanol–water partition coefficient (Wildman–Crippen LogP) is 0.206. The van der Waals surface area contributed by atoms with Gasteiger partial charge in [0.15, 0.2) is 0 Å². The van der Waals surface area contributed by atoms with Crippen molar-refractivity contribution in [2.45, 2.75) is 13.2 Å². The van der Waals surface area contributed by atoms with Gasteiger partial charge < -0.3 is 14.4 Å². The van der Waals surface area contributed by atoms with Gasteiger partial charge in [0, 0.05) is 17.3 Å². The Morgan fingerprint density at radius 1 is 1.41 bits per heavy atom. The summed E-state index contributed by atoms with van der Waals surface area (Å²) in [5.41, 5.74) is 2.49. The fraction of sp³-hybridized carbons (Fsp3) is 0.182. The SMILES string of the molecule is OCc1cccc2c1OB(c1ccn[nH]1)OC2. The molecule has 0 radical (unpaired) electrons. The summed E-state index contributed by atoms with van der Waals surface area (Å²) in [5, 5.41) is 15.9. The maximum atomic E-state index is 9.27. The van der Waals surface area contributed by atoms with Gasteiger partial charge in [-0.1, -0.05) is 18.2 Å². The van der Waals surface area contributed by atoms with E-state index in [1.165, 1.54) is 0 Å². The van der Waals surface area contributed by atoms with Gasteiger partial charge in [-0.15, -0.1) is 0 Å². The Morgan fingerprint density at radius 2 is 2.35 bits per heavy atom. The summed E-state index contributed by atoms with van der Waals surface area (Å²) in [7, 11) is -0.488. The number of rotatable bonds is 2. The largest absolute Gasteiger partial charge is 0.582 e. The zero-order valence-electron chi connectivity index (χ0n) is 9.09. The number of nitrogens with one attached hydrogen (secondary N) is 1. The summed E-state index contributed by atoms with van der Waals surface area (Å²) in [6.45, 7) is 0.422. The fourth-order valence-corrected chi connectivity index (χ4v) is 1.89. The molecule has 1 aromatic heterocycles. The van der Waals surface area contributed by atoms with Crippen LogP contribution in [-0.2, 0) is 17.9 Å². The summed E-state index contributed by atoms with van der Waals surface area (Å²) in [5.74, 6) is 0.709. The van der Waals surface area contributed by atoms with Crippen LogP contribution in [0.1, 0.15) is 11.1 Å². The van der Waals surface area contributed by atoms with Crippen molar-refractivity contribution in [3.8, 4) is 5.75 Å². The normalized spacial score (nSPS) is 14.3. The maximum Gasteiger partial charge on any atom is 0.582 e. The van der Waals surface area contributed by atoms with Gasteiger partial charge in [-0.3, -0.25) is 5.10 Å². The van der Waals surface area contributed by atoms with Crippen molar-refractivity contribution in [3.05, 3.63) is 41.6 Å². The monoisotopic (exact) mass is 230 g/mol. The van der Waals surface area contributed by atoms with Crippen LogP contribution in [-0.4, -0.2) is 22.4 Å². The third-order valence-electron chi connectivity index (χ3n) is 2.74. The van der Waals surface area contributed by atoms with E-state index in [-0.39, 0.29) is 6.61 Å². The number of hydrogen-bond donors (Lipinski definition) is 2. The van der Waals surface area contributed by atoms with Crippen LogP contribution in [0, 0.1) is 0 Å². The summed E-state index contributed by atoms with van der Waals surface area (Å²) in [4.78, 5) is 0. The van der Waals surface area contributed by atoms with Crippen LogP contribution in [0.2, 0.25) is 0 Å². The lowest BCUT2D eigenvalue weighted by Crippen LogP contribution is -2.43. The van der Waals surface area contributed by atoms with Crippen LogP contribution in [0.3, 0.4) is 0 Å². The van der Waals surface area contributed by atoms with E-state index in [1.807, 2.05) is 18.2 Å². The van der Waals surface area contributed by atoms with Crippen LogP contribution in [0.25, 0.3) is 0 Å². The van der Waals surface area contributed by atoms with Gasteiger partial charge >= 0.3 is 7.12 Å². The average Bonchev–Trinajstić information content (AvgIpc) is 2.91. The number of aromatic amines is 1. The minimum Gasteiger partial charge on any atom is -0.531 e. The number of fused-ring (bicyclic) bond motifs is 1. The summed E-state index contributed by atoms with van der Waals surface area (Å²) < 4.78 is 11.3. The van der Waals surface area contributed by atoms with Gasteiger partial charge in [-0.05, 0) is 6.07 Å². The molecule has 1 aromatic carbocycles. The van der Waals surface area contributed by atoms with E-state index in [4.69, 9.17) is 9.31 Å². The maximum absolute atomic E-state index is 9.27. The molecule has 0 saturated heterocycles. The summed E-state index contributed by atoms with van der Waals surface area (Å²) >= 11 is 0. The van der Waals surface area contributed by atoms with Gasteiger partial charge in [-0.2, -0.15) is 5.10 Å². The molecule has 3 rings (SSSR count). The highest BCUT2D eigenvalue weighted by molar-refractivity contribution is 6.61. The second-order valence-corrected chi connectivity index (χ2v) is 3.84. The molecule has 0 bridgehead atoms. The Morgan fingerprint density at radius 3 is 3.12 bits per heavy atom. The number of para-hydroxylation sites is 1. The molecular weight excluding hydrogens is 219 g/mol. The van der Waals surface area contributed by atoms with Crippen LogP contribution in [0.5, 0.6) is 5.75 Å². The van der Waals surface area contributed by atoms with Crippen LogP contribution >= 0.6 is 0 Å². The smallest absolute Gasteiger partial charge is 0.531 e. The van der Waals surface area contributed by atoms with Gasteiger partial charge in [0.25, 0.3) is 0 Å². The molecule has 6 heteroatoms. The zero-order chi connectivity index (χ0) is 11.7. The first-order valence-corrected chi connectivity index (χ1v) is 5.37. The first kappa shape index (κ1) is 10.4. The number of aliphatic hydroxyl groups is 1. The Hall–Kier alpha value is -1.79. The fourth-order valence-electron chi connectivity index (χ4n) is 1.89.